The second-order valence-electron chi connectivity index (χ2n) is 5.15. The Morgan fingerprint density at radius 2 is 2.28 bits per heavy atom. The highest BCUT2D eigenvalue weighted by Gasteiger charge is 2.23. The van der Waals surface area contributed by atoms with Gasteiger partial charge in [-0.2, -0.15) is 4.98 Å². The lowest BCUT2D eigenvalue weighted by atomic mass is 10.1. The van der Waals surface area contributed by atoms with E-state index in [0.717, 1.165) is 43.8 Å². The van der Waals surface area contributed by atoms with Gasteiger partial charge in [-0.1, -0.05) is 19.0 Å². The van der Waals surface area contributed by atoms with Crippen molar-refractivity contribution < 1.29 is 4.52 Å². The van der Waals surface area contributed by atoms with Crippen molar-refractivity contribution in [3.63, 3.8) is 0 Å². The zero-order valence-electron chi connectivity index (χ0n) is 11.3. The van der Waals surface area contributed by atoms with Gasteiger partial charge in [0.25, 0.3) is 0 Å². The summed E-state index contributed by atoms with van der Waals surface area (Å²) >= 11 is 0. The molecule has 1 N–H and O–H groups in total. The van der Waals surface area contributed by atoms with Gasteiger partial charge in [-0.3, -0.25) is 4.90 Å². The quantitative estimate of drug-likeness (QED) is 0.885. The molecule has 18 heavy (non-hydrogen) atoms. The number of halogens is 1. The summed E-state index contributed by atoms with van der Waals surface area (Å²) in [6, 6.07) is 0. The van der Waals surface area contributed by atoms with E-state index in [1.807, 2.05) is 7.05 Å². The van der Waals surface area contributed by atoms with Gasteiger partial charge in [-0.05, 0) is 32.5 Å². The van der Waals surface area contributed by atoms with Crippen molar-refractivity contribution in [3.8, 4) is 0 Å². The fraction of sp³-hybridized carbons (Fsp3) is 0.833. The summed E-state index contributed by atoms with van der Waals surface area (Å²) in [4.78, 5) is 6.80. The summed E-state index contributed by atoms with van der Waals surface area (Å²) in [6.45, 7) is 8.30. The standard InChI is InChI=1S/C12H22N4O.ClH/c1-9(2)12-14-11(17-15-12)8-16-5-4-10(7-16)6-13-3;/h9-10,13H,4-8H2,1-3H3;1H. The molecule has 0 saturated carbocycles. The maximum absolute atomic E-state index is 5.26. The lowest BCUT2D eigenvalue weighted by Crippen LogP contribution is -2.24. The first-order valence-corrected chi connectivity index (χ1v) is 6.38. The van der Waals surface area contributed by atoms with Gasteiger partial charge in [0.05, 0.1) is 6.54 Å². The van der Waals surface area contributed by atoms with Gasteiger partial charge in [-0.25, -0.2) is 0 Å². The average molecular weight is 275 g/mol. The third kappa shape index (κ3) is 3.93. The molecule has 1 aromatic rings. The summed E-state index contributed by atoms with van der Waals surface area (Å²) in [6.07, 6.45) is 1.26. The SMILES string of the molecule is CNCC1CCN(Cc2nc(C(C)C)no2)C1.Cl. The third-order valence-electron chi connectivity index (χ3n) is 3.22. The van der Waals surface area contributed by atoms with E-state index >= 15 is 0 Å². The van der Waals surface area contributed by atoms with Crippen LogP contribution in [0.15, 0.2) is 4.52 Å². The van der Waals surface area contributed by atoms with Gasteiger partial charge >= 0.3 is 0 Å². The first-order chi connectivity index (χ1) is 8.19. The Kier molecular flexibility index (Phi) is 6.05. The van der Waals surface area contributed by atoms with Crippen molar-refractivity contribution in [2.75, 3.05) is 26.7 Å². The summed E-state index contributed by atoms with van der Waals surface area (Å²) in [5.74, 6) is 2.65. The average Bonchev–Trinajstić information content (AvgIpc) is 2.89. The van der Waals surface area contributed by atoms with Gasteiger partial charge in [-0.15, -0.1) is 12.4 Å². The summed E-state index contributed by atoms with van der Waals surface area (Å²) in [7, 11) is 2.01. The van der Waals surface area contributed by atoms with Gasteiger partial charge < -0.3 is 9.84 Å². The third-order valence-corrected chi connectivity index (χ3v) is 3.22. The molecule has 0 amide bonds. The van der Waals surface area contributed by atoms with Crippen molar-refractivity contribution >= 4 is 12.4 Å². The van der Waals surface area contributed by atoms with Crippen molar-refractivity contribution in [1.82, 2.24) is 20.4 Å². The fourth-order valence-electron chi connectivity index (χ4n) is 2.27. The van der Waals surface area contributed by atoms with E-state index in [0.29, 0.717) is 5.92 Å². The second kappa shape index (κ2) is 7.07. The van der Waals surface area contributed by atoms with Crippen LogP contribution < -0.4 is 5.32 Å². The predicted molar refractivity (Wildman–Crippen MR) is 72.9 cm³/mol. The van der Waals surface area contributed by atoms with Gasteiger partial charge in [0.2, 0.25) is 5.89 Å². The molecule has 0 radical (unpaired) electrons. The molecule has 1 saturated heterocycles. The maximum Gasteiger partial charge on any atom is 0.240 e. The normalized spacial score (nSPS) is 20.3. The molecule has 1 atom stereocenters. The molecule has 104 valence electrons. The van der Waals surface area contributed by atoms with Crippen LogP contribution in [0, 0.1) is 5.92 Å². The first kappa shape index (κ1) is 15.4. The van der Waals surface area contributed by atoms with E-state index in [1.54, 1.807) is 0 Å². The van der Waals surface area contributed by atoms with Crippen LogP contribution in [0.4, 0.5) is 0 Å². The molecular formula is C12H23ClN4O. The van der Waals surface area contributed by atoms with Crippen molar-refractivity contribution in [2.45, 2.75) is 32.7 Å². The Balaban J connectivity index is 0.00000162. The Hall–Kier alpha value is -0.650. The maximum atomic E-state index is 5.26. The molecule has 5 nitrogen and oxygen atoms in total. The van der Waals surface area contributed by atoms with Crippen molar-refractivity contribution in [3.05, 3.63) is 11.7 Å². The summed E-state index contributed by atoms with van der Waals surface area (Å²) < 4.78 is 5.26. The van der Waals surface area contributed by atoms with Gasteiger partial charge in [0.1, 0.15) is 0 Å². The van der Waals surface area contributed by atoms with E-state index in [-0.39, 0.29) is 12.4 Å². The summed E-state index contributed by atoms with van der Waals surface area (Å²) in [5, 5.41) is 7.22. The Morgan fingerprint density at radius 1 is 1.50 bits per heavy atom. The van der Waals surface area contributed by atoms with E-state index in [2.05, 4.69) is 34.2 Å². The van der Waals surface area contributed by atoms with E-state index in [9.17, 15) is 0 Å². The molecule has 6 heteroatoms. The number of nitrogens with zero attached hydrogens (tertiary/aromatic N) is 3. The van der Waals surface area contributed by atoms with Crippen LogP contribution in [0.3, 0.4) is 0 Å². The molecule has 1 aliphatic heterocycles. The molecule has 2 heterocycles. The lowest BCUT2D eigenvalue weighted by molar-refractivity contribution is 0.259. The van der Waals surface area contributed by atoms with Crippen LogP contribution in [0.1, 0.15) is 37.9 Å². The Labute approximate surface area is 115 Å². The number of nitrogens with one attached hydrogen (secondary N) is 1. The first-order valence-electron chi connectivity index (χ1n) is 6.38. The van der Waals surface area contributed by atoms with E-state index in [1.165, 1.54) is 6.42 Å². The van der Waals surface area contributed by atoms with Crippen LogP contribution >= 0.6 is 12.4 Å². The predicted octanol–water partition coefficient (Wildman–Crippen LogP) is 1.66. The van der Waals surface area contributed by atoms with Gasteiger partial charge in [0, 0.05) is 12.5 Å². The van der Waals surface area contributed by atoms with Crippen LogP contribution in [-0.4, -0.2) is 41.7 Å². The molecule has 0 bridgehead atoms. The fourth-order valence-corrected chi connectivity index (χ4v) is 2.27. The number of rotatable bonds is 5. The lowest BCUT2D eigenvalue weighted by Gasteiger charge is -2.12. The molecule has 1 fully saturated rings. The van der Waals surface area contributed by atoms with Crippen molar-refractivity contribution in [1.29, 1.82) is 0 Å². The number of hydrogen-bond acceptors (Lipinski definition) is 5. The molecule has 2 rings (SSSR count). The molecular weight excluding hydrogens is 252 g/mol. The molecule has 0 spiro atoms. The van der Waals surface area contributed by atoms with E-state index in [4.69, 9.17) is 4.52 Å². The molecule has 0 aromatic carbocycles. The minimum absolute atomic E-state index is 0. The Bertz CT molecular complexity index is 356. The van der Waals surface area contributed by atoms with Crippen LogP contribution in [0.5, 0.6) is 0 Å². The molecule has 1 aliphatic rings. The van der Waals surface area contributed by atoms with Crippen LogP contribution in [0.2, 0.25) is 0 Å². The van der Waals surface area contributed by atoms with E-state index < -0.39 is 0 Å². The van der Waals surface area contributed by atoms with Crippen LogP contribution in [-0.2, 0) is 6.54 Å². The minimum Gasteiger partial charge on any atom is -0.338 e. The molecule has 1 aromatic heterocycles. The number of hydrogen-bond donors (Lipinski definition) is 1. The number of likely N-dealkylation sites (tertiary alicyclic amines) is 1. The van der Waals surface area contributed by atoms with Crippen molar-refractivity contribution in [2.24, 2.45) is 5.92 Å². The smallest absolute Gasteiger partial charge is 0.240 e. The monoisotopic (exact) mass is 274 g/mol. The topological polar surface area (TPSA) is 54.2 Å². The zero-order chi connectivity index (χ0) is 12.3. The highest BCUT2D eigenvalue weighted by Crippen LogP contribution is 2.18. The van der Waals surface area contributed by atoms with Gasteiger partial charge in [0.15, 0.2) is 5.82 Å². The largest absolute Gasteiger partial charge is 0.338 e. The zero-order valence-corrected chi connectivity index (χ0v) is 12.2. The number of aromatic nitrogens is 2. The minimum atomic E-state index is 0. The highest BCUT2D eigenvalue weighted by atomic mass is 35.5. The Morgan fingerprint density at radius 3 is 2.89 bits per heavy atom. The molecule has 0 aliphatic carbocycles. The highest BCUT2D eigenvalue weighted by molar-refractivity contribution is 5.85. The second-order valence-corrected chi connectivity index (χ2v) is 5.15. The summed E-state index contributed by atoms with van der Waals surface area (Å²) in [5.41, 5.74) is 0. The molecule has 1 unspecified atom stereocenters. The van der Waals surface area contributed by atoms with Crippen LogP contribution in [0.25, 0.3) is 0 Å².